The lowest BCUT2D eigenvalue weighted by molar-refractivity contribution is -0.134. The quantitative estimate of drug-likeness (QED) is 0.823. The Labute approximate surface area is 157 Å². The first-order chi connectivity index (χ1) is 12.8. The zero-order chi connectivity index (χ0) is 19.7. The molecule has 1 aromatic carbocycles. The van der Waals surface area contributed by atoms with Gasteiger partial charge in [0.1, 0.15) is 11.3 Å². The maximum absolute atomic E-state index is 12.7. The van der Waals surface area contributed by atoms with Crippen molar-refractivity contribution in [2.24, 2.45) is 11.7 Å². The number of piperidine rings is 1. The molecule has 144 valence electrons. The summed E-state index contributed by atoms with van der Waals surface area (Å²) < 4.78 is 10.8. The summed E-state index contributed by atoms with van der Waals surface area (Å²) in [5.74, 6) is 0.00231. The van der Waals surface area contributed by atoms with Crippen molar-refractivity contribution in [3.8, 4) is 5.75 Å². The van der Waals surface area contributed by atoms with Gasteiger partial charge in [-0.15, -0.1) is 0 Å². The number of nitrogens with zero attached hydrogens (tertiary/aromatic N) is 1. The number of fused-ring (bicyclic) bond motifs is 1. The number of methoxy groups -OCH3 is 1. The van der Waals surface area contributed by atoms with E-state index in [1.54, 1.807) is 12.0 Å². The third-order valence-electron chi connectivity index (χ3n) is 5.45. The van der Waals surface area contributed by atoms with Gasteiger partial charge in [-0.2, -0.15) is 0 Å². The van der Waals surface area contributed by atoms with E-state index in [1.165, 1.54) is 0 Å². The lowest BCUT2D eigenvalue weighted by atomic mass is 9.95. The molecule has 2 aromatic rings. The van der Waals surface area contributed by atoms with Crippen LogP contribution in [0.1, 0.15) is 29.5 Å². The molecule has 3 rings (SSSR count). The van der Waals surface area contributed by atoms with Crippen LogP contribution in [-0.2, 0) is 16.0 Å². The van der Waals surface area contributed by atoms with Gasteiger partial charge in [0.15, 0.2) is 0 Å². The summed E-state index contributed by atoms with van der Waals surface area (Å²) in [5.41, 5.74) is 7.18. The number of benzene rings is 1. The lowest BCUT2D eigenvalue weighted by Crippen LogP contribution is -2.42. The molecule has 0 aliphatic carbocycles. The van der Waals surface area contributed by atoms with Crippen molar-refractivity contribution in [2.75, 3.05) is 20.2 Å². The third-order valence-corrected chi connectivity index (χ3v) is 5.45. The van der Waals surface area contributed by atoms with Gasteiger partial charge >= 0.3 is 5.63 Å². The molecule has 0 spiro atoms. The van der Waals surface area contributed by atoms with Gasteiger partial charge < -0.3 is 19.8 Å². The second-order valence-electron chi connectivity index (χ2n) is 7.00. The van der Waals surface area contributed by atoms with Crippen LogP contribution in [0.3, 0.4) is 0 Å². The minimum absolute atomic E-state index is 0.0174. The van der Waals surface area contributed by atoms with Crippen LogP contribution in [0.25, 0.3) is 11.0 Å². The molecule has 7 nitrogen and oxygen atoms in total. The van der Waals surface area contributed by atoms with Gasteiger partial charge in [-0.1, -0.05) is 0 Å². The lowest BCUT2D eigenvalue weighted by Gasteiger charge is -2.30. The van der Waals surface area contributed by atoms with Crippen molar-refractivity contribution in [3.05, 3.63) is 39.2 Å². The van der Waals surface area contributed by atoms with E-state index in [1.807, 2.05) is 26.0 Å². The number of carbonyl (C=O) groups is 2. The molecule has 0 saturated carbocycles. The normalized spacial score (nSPS) is 15.1. The fourth-order valence-corrected chi connectivity index (χ4v) is 3.67. The van der Waals surface area contributed by atoms with Gasteiger partial charge in [0, 0.05) is 30.0 Å². The summed E-state index contributed by atoms with van der Waals surface area (Å²) in [4.78, 5) is 38.1. The standard InChI is InChI=1S/C20H24N2O5/c1-11-14-4-5-16(26-3)12(2)18(14)27-20(25)15(11)10-17(23)22-8-6-13(7-9-22)19(21)24/h4-5,13H,6-10H2,1-3H3,(H2,21,24). The SMILES string of the molecule is COc1ccc2c(C)c(CC(=O)N3CCC(C(N)=O)CC3)c(=O)oc2c1C. The van der Waals surface area contributed by atoms with E-state index in [-0.39, 0.29) is 24.2 Å². The topological polar surface area (TPSA) is 103 Å². The first kappa shape index (κ1) is 18.9. The van der Waals surface area contributed by atoms with E-state index < -0.39 is 5.63 Å². The zero-order valence-electron chi connectivity index (χ0n) is 15.8. The van der Waals surface area contributed by atoms with Crippen LogP contribution in [0, 0.1) is 19.8 Å². The summed E-state index contributed by atoms with van der Waals surface area (Å²) in [5, 5.41) is 0.795. The van der Waals surface area contributed by atoms with E-state index in [4.69, 9.17) is 14.9 Å². The number of carbonyl (C=O) groups excluding carboxylic acids is 2. The molecule has 0 atom stereocenters. The fraction of sp³-hybridized carbons (Fsp3) is 0.450. The maximum Gasteiger partial charge on any atom is 0.340 e. The average molecular weight is 372 g/mol. The number of aryl methyl sites for hydroxylation is 2. The summed E-state index contributed by atoms with van der Waals surface area (Å²) in [6.45, 7) is 4.60. The highest BCUT2D eigenvalue weighted by atomic mass is 16.5. The Hall–Kier alpha value is -2.83. The molecule has 1 aliphatic rings. The molecule has 0 unspecified atom stereocenters. The number of nitrogens with two attached hydrogens (primary N) is 1. The molecule has 2 heterocycles. The Balaban J connectivity index is 1.86. The Morgan fingerprint density at radius 3 is 2.48 bits per heavy atom. The highest BCUT2D eigenvalue weighted by molar-refractivity contribution is 5.87. The molecule has 1 saturated heterocycles. The summed E-state index contributed by atoms with van der Waals surface area (Å²) >= 11 is 0. The Bertz CT molecular complexity index is 955. The Kier molecular flexibility index (Phi) is 5.21. The first-order valence-electron chi connectivity index (χ1n) is 9.00. The van der Waals surface area contributed by atoms with Gasteiger partial charge in [-0.25, -0.2) is 4.79 Å². The van der Waals surface area contributed by atoms with Crippen LogP contribution < -0.4 is 16.1 Å². The Morgan fingerprint density at radius 1 is 1.22 bits per heavy atom. The van der Waals surface area contributed by atoms with Gasteiger partial charge in [-0.05, 0) is 44.4 Å². The Morgan fingerprint density at radius 2 is 1.89 bits per heavy atom. The predicted octanol–water partition coefficient (Wildman–Crippen LogP) is 1.68. The number of hydrogen-bond acceptors (Lipinski definition) is 5. The molecule has 0 radical (unpaired) electrons. The monoisotopic (exact) mass is 372 g/mol. The van der Waals surface area contributed by atoms with Crippen LogP contribution in [-0.4, -0.2) is 36.9 Å². The van der Waals surface area contributed by atoms with Gasteiger partial charge in [0.25, 0.3) is 0 Å². The zero-order valence-corrected chi connectivity index (χ0v) is 15.8. The second kappa shape index (κ2) is 7.42. The van der Waals surface area contributed by atoms with Gasteiger partial charge in [0.2, 0.25) is 11.8 Å². The minimum atomic E-state index is -0.503. The number of amides is 2. The van der Waals surface area contributed by atoms with Crippen LogP contribution in [0.2, 0.25) is 0 Å². The summed E-state index contributed by atoms with van der Waals surface area (Å²) in [6, 6.07) is 3.66. The van der Waals surface area contributed by atoms with Crippen LogP contribution >= 0.6 is 0 Å². The minimum Gasteiger partial charge on any atom is -0.496 e. The molecule has 1 aromatic heterocycles. The highest BCUT2D eigenvalue weighted by Crippen LogP contribution is 2.29. The van der Waals surface area contributed by atoms with E-state index in [0.29, 0.717) is 42.8 Å². The number of primary amides is 1. The average Bonchev–Trinajstić information content (AvgIpc) is 2.66. The van der Waals surface area contributed by atoms with Crippen molar-refractivity contribution in [1.29, 1.82) is 0 Å². The van der Waals surface area contributed by atoms with Crippen molar-refractivity contribution >= 4 is 22.8 Å². The summed E-state index contributed by atoms with van der Waals surface area (Å²) in [6.07, 6.45) is 1.10. The first-order valence-corrected chi connectivity index (χ1v) is 9.00. The molecule has 0 bridgehead atoms. The summed E-state index contributed by atoms with van der Waals surface area (Å²) in [7, 11) is 1.56. The molecular weight excluding hydrogens is 348 g/mol. The van der Waals surface area contributed by atoms with Gasteiger partial charge in [0.05, 0.1) is 19.1 Å². The molecular formula is C20H24N2O5. The van der Waals surface area contributed by atoms with Crippen LogP contribution in [0.15, 0.2) is 21.3 Å². The molecule has 2 N–H and O–H groups in total. The largest absolute Gasteiger partial charge is 0.496 e. The van der Waals surface area contributed by atoms with E-state index in [9.17, 15) is 14.4 Å². The van der Waals surface area contributed by atoms with Gasteiger partial charge in [-0.3, -0.25) is 9.59 Å². The van der Waals surface area contributed by atoms with Crippen LogP contribution in [0.5, 0.6) is 5.75 Å². The van der Waals surface area contributed by atoms with Crippen LogP contribution in [0.4, 0.5) is 0 Å². The number of hydrogen-bond donors (Lipinski definition) is 1. The smallest absolute Gasteiger partial charge is 0.340 e. The van der Waals surface area contributed by atoms with E-state index in [2.05, 4.69) is 0 Å². The number of ether oxygens (including phenoxy) is 1. The molecule has 2 amide bonds. The predicted molar refractivity (Wildman–Crippen MR) is 101 cm³/mol. The number of likely N-dealkylation sites (tertiary alicyclic amines) is 1. The second-order valence-corrected chi connectivity index (χ2v) is 7.00. The highest BCUT2D eigenvalue weighted by Gasteiger charge is 2.27. The molecule has 1 fully saturated rings. The van der Waals surface area contributed by atoms with E-state index in [0.717, 1.165) is 16.5 Å². The molecule has 27 heavy (non-hydrogen) atoms. The molecule has 1 aliphatic heterocycles. The van der Waals surface area contributed by atoms with Crippen molar-refractivity contribution in [3.63, 3.8) is 0 Å². The van der Waals surface area contributed by atoms with Crippen molar-refractivity contribution in [2.45, 2.75) is 33.1 Å². The number of rotatable bonds is 4. The molecule has 7 heteroatoms. The van der Waals surface area contributed by atoms with Crippen molar-refractivity contribution < 1.29 is 18.7 Å². The third kappa shape index (κ3) is 3.54. The van der Waals surface area contributed by atoms with E-state index >= 15 is 0 Å². The fourth-order valence-electron chi connectivity index (χ4n) is 3.67. The maximum atomic E-state index is 12.7. The van der Waals surface area contributed by atoms with Crippen molar-refractivity contribution in [1.82, 2.24) is 4.90 Å².